The van der Waals surface area contributed by atoms with Gasteiger partial charge in [0.15, 0.2) is 0 Å². The van der Waals surface area contributed by atoms with Crippen molar-refractivity contribution in [2.45, 2.75) is 90.4 Å². The maximum atomic E-state index is 12.9. The van der Waals surface area contributed by atoms with Crippen LogP contribution >= 0.6 is 0 Å². The lowest BCUT2D eigenvalue weighted by atomic mass is 10.0. The standard InChI is InChI=1S/C22H41N5O7/c1-12(2)9-14(24)19(30)26-16(11-18(28)29)21(32)25-15(7-5-6-8-23)20(31)27-17(22(33)34)10-13(3)4/h12-17H,5-11,23-24H2,1-4H3,(H,25,32)(H,26,30)(H,27,31)(H,28,29)(H,33,34). The van der Waals surface area contributed by atoms with E-state index in [9.17, 15) is 34.2 Å². The summed E-state index contributed by atoms with van der Waals surface area (Å²) in [5.74, 6) is -4.70. The van der Waals surface area contributed by atoms with Crippen LogP contribution in [0, 0.1) is 11.8 Å². The van der Waals surface area contributed by atoms with Crippen molar-refractivity contribution >= 4 is 29.7 Å². The van der Waals surface area contributed by atoms with Gasteiger partial charge in [-0.15, -0.1) is 0 Å². The molecule has 0 saturated heterocycles. The first-order valence-electron chi connectivity index (χ1n) is 11.6. The second-order valence-corrected chi connectivity index (χ2v) is 9.27. The Bertz CT molecular complexity index is 699. The van der Waals surface area contributed by atoms with Gasteiger partial charge in [0.05, 0.1) is 12.5 Å². The number of hydrogen-bond donors (Lipinski definition) is 7. The molecular formula is C22H41N5O7. The van der Waals surface area contributed by atoms with Crippen molar-refractivity contribution in [1.82, 2.24) is 16.0 Å². The van der Waals surface area contributed by atoms with Crippen LogP contribution in [-0.2, 0) is 24.0 Å². The van der Waals surface area contributed by atoms with Crippen molar-refractivity contribution in [2.75, 3.05) is 6.54 Å². The van der Waals surface area contributed by atoms with E-state index in [4.69, 9.17) is 11.5 Å². The maximum Gasteiger partial charge on any atom is 0.326 e. The number of carboxylic acid groups (broad SMARTS) is 2. The first kappa shape index (κ1) is 31.3. The van der Waals surface area contributed by atoms with Gasteiger partial charge in [0.2, 0.25) is 17.7 Å². The summed E-state index contributed by atoms with van der Waals surface area (Å²) in [5, 5.41) is 25.8. The van der Waals surface area contributed by atoms with Gasteiger partial charge in [-0.25, -0.2) is 4.79 Å². The van der Waals surface area contributed by atoms with Crippen molar-refractivity contribution in [3.63, 3.8) is 0 Å². The van der Waals surface area contributed by atoms with E-state index in [0.29, 0.717) is 25.8 Å². The maximum absolute atomic E-state index is 12.9. The Morgan fingerprint density at radius 1 is 0.735 bits per heavy atom. The van der Waals surface area contributed by atoms with Gasteiger partial charge in [-0.3, -0.25) is 19.2 Å². The average Bonchev–Trinajstić information content (AvgIpc) is 2.70. The molecule has 4 unspecified atom stereocenters. The van der Waals surface area contributed by atoms with E-state index in [-0.39, 0.29) is 24.7 Å². The highest BCUT2D eigenvalue weighted by atomic mass is 16.4. The predicted octanol–water partition coefficient (Wildman–Crippen LogP) is -0.451. The summed E-state index contributed by atoms with van der Waals surface area (Å²) in [4.78, 5) is 60.8. The van der Waals surface area contributed by atoms with E-state index in [1.165, 1.54) is 0 Å². The van der Waals surface area contributed by atoms with E-state index in [0.717, 1.165) is 0 Å². The SMILES string of the molecule is CC(C)CC(N)C(=O)NC(CC(=O)O)C(=O)NC(CCCCN)C(=O)NC(CC(C)C)C(=O)O. The number of nitrogens with one attached hydrogen (secondary N) is 3. The summed E-state index contributed by atoms with van der Waals surface area (Å²) < 4.78 is 0. The molecule has 3 amide bonds. The molecular weight excluding hydrogens is 446 g/mol. The summed E-state index contributed by atoms with van der Waals surface area (Å²) in [6.45, 7) is 7.71. The van der Waals surface area contributed by atoms with Crippen molar-refractivity contribution < 1.29 is 34.2 Å². The Kier molecular flexibility index (Phi) is 14.7. The quantitative estimate of drug-likeness (QED) is 0.132. The monoisotopic (exact) mass is 487 g/mol. The summed E-state index contributed by atoms with van der Waals surface area (Å²) in [7, 11) is 0. The minimum Gasteiger partial charge on any atom is -0.481 e. The Labute approximate surface area is 200 Å². The summed E-state index contributed by atoms with van der Waals surface area (Å²) >= 11 is 0. The molecule has 0 aliphatic heterocycles. The number of rotatable bonds is 17. The van der Waals surface area contributed by atoms with Crippen LogP contribution in [0.2, 0.25) is 0 Å². The molecule has 0 heterocycles. The molecule has 12 heteroatoms. The minimum atomic E-state index is -1.46. The zero-order chi connectivity index (χ0) is 26.4. The highest BCUT2D eigenvalue weighted by Gasteiger charge is 2.31. The molecule has 196 valence electrons. The summed E-state index contributed by atoms with van der Waals surface area (Å²) in [5.41, 5.74) is 11.3. The number of amides is 3. The predicted molar refractivity (Wildman–Crippen MR) is 125 cm³/mol. The van der Waals surface area contributed by atoms with Gasteiger partial charge < -0.3 is 37.6 Å². The van der Waals surface area contributed by atoms with Crippen LogP contribution in [0.5, 0.6) is 0 Å². The smallest absolute Gasteiger partial charge is 0.326 e. The first-order valence-corrected chi connectivity index (χ1v) is 11.6. The third-order valence-corrected chi connectivity index (χ3v) is 4.98. The molecule has 0 aliphatic carbocycles. The highest BCUT2D eigenvalue weighted by molar-refractivity contribution is 5.95. The molecule has 12 nitrogen and oxygen atoms in total. The van der Waals surface area contributed by atoms with E-state index < -0.39 is 60.2 Å². The fourth-order valence-electron chi connectivity index (χ4n) is 3.28. The third kappa shape index (κ3) is 13.1. The fraction of sp³-hybridized carbons (Fsp3) is 0.773. The molecule has 0 bridgehead atoms. The Hall–Kier alpha value is -2.73. The van der Waals surface area contributed by atoms with Gasteiger partial charge in [0, 0.05) is 0 Å². The van der Waals surface area contributed by atoms with E-state index >= 15 is 0 Å². The van der Waals surface area contributed by atoms with Gasteiger partial charge >= 0.3 is 11.9 Å². The number of carbonyl (C=O) groups is 5. The van der Waals surface area contributed by atoms with E-state index in [1.54, 1.807) is 0 Å². The van der Waals surface area contributed by atoms with Crippen LogP contribution < -0.4 is 27.4 Å². The van der Waals surface area contributed by atoms with Crippen LogP contribution in [0.25, 0.3) is 0 Å². The number of unbranched alkanes of at least 4 members (excludes halogenated alkanes) is 1. The summed E-state index contributed by atoms with van der Waals surface area (Å²) in [6.07, 6.45) is 0.997. The molecule has 4 atom stereocenters. The molecule has 0 aromatic heterocycles. The van der Waals surface area contributed by atoms with Gasteiger partial charge in [0.1, 0.15) is 18.1 Å². The lowest BCUT2D eigenvalue weighted by Gasteiger charge is -2.25. The number of carboxylic acids is 2. The zero-order valence-electron chi connectivity index (χ0n) is 20.5. The van der Waals surface area contributed by atoms with Gasteiger partial charge in [-0.2, -0.15) is 0 Å². The van der Waals surface area contributed by atoms with E-state index in [1.807, 2.05) is 27.7 Å². The molecule has 0 fully saturated rings. The van der Waals surface area contributed by atoms with Crippen LogP contribution in [0.3, 0.4) is 0 Å². The lowest BCUT2D eigenvalue weighted by molar-refractivity contribution is -0.143. The molecule has 0 spiro atoms. The van der Waals surface area contributed by atoms with Crippen molar-refractivity contribution in [1.29, 1.82) is 0 Å². The number of nitrogens with two attached hydrogens (primary N) is 2. The van der Waals surface area contributed by atoms with Gasteiger partial charge in [-0.05, 0) is 50.5 Å². The second kappa shape index (κ2) is 16.0. The van der Waals surface area contributed by atoms with Crippen LogP contribution in [-0.4, -0.2) is 70.6 Å². The van der Waals surface area contributed by atoms with Crippen LogP contribution in [0.1, 0.15) is 66.2 Å². The van der Waals surface area contributed by atoms with Crippen LogP contribution in [0.15, 0.2) is 0 Å². The second-order valence-electron chi connectivity index (χ2n) is 9.27. The largest absolute Gasteiger partial charge is 0.481 e. The molecule has 0 aromatic carbocycles. The Morgan fingerprint density at radius 3 is 1.71 bits per heavy atom. The Morgan fingerprint density at radius 2 is 1.24 bits per heavy atom. The van der Waals surface area contributed by atoms with Crippen LogP contribution in [0.4, 0.5) is 0 Å². The first-order chi connectivity index (χ1) is 15.8. The fourth-order valence-corrected chi connectivity index (χ4v) is 3.28. The number of hydrogen-bond acceptors (Lipinski definition) is 7. The number of carbonyl (C=O) groups excluding carboxylic acids is 3. The van der Waals surface area contributed by atoms with Gasteiger partial charge in [0.25, 0.3) is 0 Å². The molecule has 9 N–H and O–H groups in total. The highest BCUT2D eigenvalue weighted by Crippen LogP contribution is 2.09. The topological polar surface area (TPSA) is 214 Å². The molecule has 0 aliphatic rings. The third-order valence-electron chi connectivity index (χ3n) is 4.98. The van der Waals surface area contributed by atoms with Crippen molar-refractivity contribution in [2.24, 2.45) is 23.3 Å². The Balaban J connectivity index is 5.53. The molecule has 0 aromatic rings. The summed E-state index contributed by atoms with van der Waals surface area (Å²) in [6, 6.07) is -4.67. The average molecular weight is 488 g/mol. The van der Waals surface area contributed by atoms with Crippen molar-refractivity contribution in [3.05, 3.63) is 0 Å². The molecule has 0 radical (unpaired) electrons. The number of aliphatic carboxylic acids is 2. The van der Waals surface area contributed by atoms with E-state index in [2.05, 4.69) is 16.0 Å². The van der Waals surface area contributed by atoms with Gasteiger partial charge in [-0.1, -0.05) is 27.7 Å². The normalized spacial score (nSPS) is 14.7. The molecule has 0 saturated carbocycles. The minimum absolute atomic E-state index is 0.00288. The lowest BCUT2D eigenvalue weighted by Crippen LogP contribution is -2.57. The zero-order valence-corrected chi connectivity index (χ0v) is 20.5. The molecule has 0 rings (SSSR count). The van der Waals surface area contributed by atoms with Crippen molar-refractivity contribution in [3.8, 4) is 0 Å². The molecule has 34 heavy (non-hydrogen) atoms.